The predicted molar refractivity (Wildman–Crippen MR) is 172 cm³/mol. The van der Waals surface area contributed by atoms with E-state index in [9.17, 15) is 9.59 Å². The highest BCUT2D eigenvalue weighted by Gasteiger charge is 2.40. The molecule has 2 aliphatic rings. The quantitative estimate of drug-likeness (QED) is 0.190. The number of amides is 1. The fourth-order valence-corrected chi connectivity index (χ4v) is 7.39. The van der Waals surface area contributed by atoms with Crippen LogP contribution < -0.4 is 0 Å². The molecule has 1 saturated heterocycles. The fourth-order valence-electron chi connectivity index (χ4n) is 7.39. The zero-order valence-corrected chi connectivity index (χ0v) is 25.1. The summed E-state index contributed by atoms with van der Waals surface area (Å²) in [6, 6.07) is 35.1. The van der Waals surface area contributed by atoms with Gasteiger partial charge in [0.05, 0.1) is 0 Å². The number of Topliss-reactive ketones (excluding diaryl/α,β-unsaturated/α-hetero) is 1. The Balaban J connectivity index is 1.10. The Morgan fingerprint density at radius 2 is 1.49 bits per heavy atom. The lowest BCUT2D eigenvalue weighted by Gasteiger charge is -2.39. The van der Waals surface area contributed by atoms with E-state index in [2.05, 4.69) is 53.4 Å². The van der Waals surface area contributed by atoms with E-state index < -0.39 is 0 Å². The molecule has 2 fully saturated rings. The molecule has 1 aliphatic carbocycles. The Morgan fingerprint density at radius 3 is 2.23 bits per heavy atom. The van der Waals surface area contributed by atoms with Crippen LogP contribution in [0.15, 0.2) is 103 Å². The normalized spacial score (nSPS) is 21.1. The molecule has 1 heterocycles. The van der Waals surface area contributed by atoms with Crippen molar-refractivity contribution in [3.63, 3.8) is 0 Å². The number of fused-ring (bicyclic) bond motifs is 1. The highest BCUT2D eigenvalue weighted by Crippen LogP contribution is 2.45. The van der Waals surface area contributed by atoms with Crippen LogP contribution in [0, 0.1) is 11.8 Å². The van der Waals surface area contributed by atoms with Crippen molar-refractivity contribution in [1.29, 1.82) is 0 Å². The molecule has 1 aliphatic heterocycles. The van der Waals surface area contributed by atoms with Crippen molar-refractivity contribution >= 4 is 22.6 Å². The van der Waals surface area contributed by atoms with Gasteiger partial charge in [-0.3, -0.25) is 4.79 Å². The van der Waals surface area contributed by atoms with Gasteiger partial charge in [-0.2, -0.15) is 0 Å². The van der Waals surface area contributed by atoms with Crippen molar-refractivity contribution in [2.45, 2.75) is 51.2 Å². The van der Waals surface area contributed by atoms with E-state index in [4.69, 9.17) is 4.74 Å². The number of ketones is 1. The third kappa shape index (κ3) is 6.67. The molecule has 3 atom stereocenters. The summed E-state index contributed by atoms with van der Waals surface area (Å²) in [6.07, 6.45) is 3.46. The first kappa shape index (κ1) is 29.1. The Kier molecular flexibility index (Phi) is 9.18. The van der Waals surface area contributed by atoms with Gasteiger partial charge in [0.15, 0.2) is 5.78 Å². The molecule has 0 bridgehead atoms. The van der Waals surface area contributed by atoms with E-state index in [1.165, 1.54) is 5.56 Å². The van der Waals surface area contributed by atoms with Crippen molar-refractivity contribution in [2.24, 2.45) is 11.8 Å². The van der Waals surface area contributed by atoms with Gasteiger partial charge in [-0.1, -0.05) is 103 Å². The Labute approximate surface area is 255 Å². The summed E-state index contributed by atoms with van der Waals surface area (Å²) in [5.41, 5.74) is 3.20. The van der Waals surface area contributed by atoms with Crippen LogP contribution in [-0.4, -0.2) is 53.9 Å². The number of hydrogen-bond donors (Lipinski definition) is 0. The molecule has 43 heavy (non-hydrogen) atoms. The van der Waals surface area contributed by atoms with Crippen molar-refractivity contribution in [2.75, 3.05) is 26.2 Å². The molecule has 1 saturated carbocycles. The molecular weight excluding hydrogens is 532 g/mol. The lowest BCUT2D eigenvalue weighted by molar-refractivity contribution is 0.0601. The molecule has 2 unspecified atom stereocenters. The molecule has 4 aromatic rings. The molecule has 0 radical (unpaired) electrons. The van der Waals surface area contributed by atoms with Crippen LogP contribution in [0.4, 0.5) is 4.79 Å². The summed E-state index contributed by atoms with van der Waals surface area (Å²) in [5.74, 6) is 1.09. The molecular formula is C38H42N2O3. The molecule has 222 valence electrons. The number of hydrogen-bond acceptors (Lipinski definition) is 4. The minimum atomic E-state index is -0.223. The highest BCUT2D eigenvalue weighted by molar-refractivity contribution is 6.09. The highest BCUT2D eigenvalue weighted by atomic mass is 16.6. The number of likely N-dealkylation sites (tertiary alicyclic amines) is 1. The van der Waals surface area contributed by atoms with Crippen LogP contribution in [0.3, 0.4) is 0 Å². The predicted octanol–water partition coefficient (Wildman–Crippen LogP) is 7.96. The van der Waals surface area contributed by atoms with Gasteiger partial charge in [0, 0.05) is 43.7 Å². The number of benzene rings is 4. The van der Waals surface area contributed by atoms with Gasteiger partial charge in [0.2, 0.25) is 0 Å². The van der Waals surface area contributed by atoms with Crippen LogP contribution in [0.25, 0.3) is 10.8 Å². The van der Waals surface area contributed by atoms with Crippen molar-refractivity contribution in [3.05, 3.63) is 120 Å². The summed E-state index contributed by atoms with van der Waals surface area (Å²) in [7, 11) is 0. The van der Waals surface area contributed by atoms with Gasteiger partial charge in [-0.15, -0.1) is 0 Å². The van der Waals surface area contributed by atoms with Gasteiger partial charge < -0.3 is 14.5 Å². The van der Waals surface area contributed by atoms with Crippen LogP contribution >= 0.6 is 0 Å². The number of rotatable bonds is 9. The molecule has 0 spiro atoms. The molecule has 0 aromatic heterocycles. The number of carbonyl (C=O) groups is 2. The average molecular weight is 575 g/mol. The first-order valence-corrected chi connectivity index (χ1v) is 15.9. The largest absolute Gasteiger partial charge is 0.445 e. The second-order valence-corrected chi connectivity index (χ2v) is 12.2. The van der Waals surface area contributed by atoms with Crippen LogP contribution in [0.5, 0.6) is 0 Å². The maximum Gasteiger partial charge on any atom is 0.410 e. The van der Waals surface area contributed by atoms with Gasteiger partial charge in [0.25, 0.3) is 0 Å². The van der Waals surface area contributed by atoms with Crippen molar-refractivity contribution in [1.82, 2.24) is 9.80 Å². The smallest absolute Gasteiger partial charge is 0.410 e. The molecule has 1 amide bonds. The van der Waals surface area contributed by atoms with E-state index >= 15 is 0 Å². The van der Waals surface area contributed by atoms with E-state index in [0.717, 1.165) is 67.2 Å². The fraction of sp³-hybridized carbons (Fsp3) is 0.368. The average Bonchev–Trinajstić information content (AvgIpc) is 3.49. The van der Waals surface area contributed by atoms with E-state index in [1.54, 1.807) is 0 Å². The minimum absolute atomic E-state index is 0.0218. The van der Waals surface area contributed by atoms with E-state index in [-0.39, 0.29) is 23.8 Å². The third-order valence-corrected chi connectivity index (χ3v) is 9.62. The van der Waals surface area contributed by atoms with Crippen molar-refractivity contribution < 1.29 is 14.3 Å². The summed E-state index contributed by atoms with van der Waals surface area (Å²) < 4.78 is 5.67. The topological polar surface area (TPSA) is 49.9 Å². The van der Waals surface area contributed by atoms with Crippen LogP contribution in [-0.2, 0) is 11.3 Å². The van der Waals surface area contributed by atoms with Gasteiger partial charge in [-0.25, -0.2) is 4.79 Å². The number of nitrogens with zero attached hydrogens (tertiary/aromatic N) is 2. The number of ether oxygens (including phenoxy) is 1. The molecule has 4 aromatic carbocycles. The van der Waals surface area contributed by atoms with Gasteiger partial charge in [-0.05, 0) is 66.3 Å². The van der Waals surface area contributed by atoms with Gasteiger partial charge in [0.1, 0.15) is 6.61 Å². The maximum absolute atomic E-state index is 14.0. The molecule has 5 nitrogen and oxygen atoms in total. The maximum atomic E-state index is 14.0. The van der Waals surface area contributed by atoms with Crippen molar-refractivity contribution in [3.8, 4) is 0 Å². The SMILES string of the molecule is CCN(C(=O)OCc1ccccc1)C1CCN(CC2CC(C(=O)c3cccc4ccccc34)C[C@@H]2c2ccccc2)CC1. The summed E-state index contributed by atoms with van der Waals surface area (Å²) >= 11 is 0. The Morgan fingerprint density at radius 1 is 0.814 bits per heavy atom. The first-order chi connectivity index (χ1) is 21.1. The Hall–Kier alpha value is -3.96. The second kappa shape index (κ2) is 13.6. The molecule has 5 heteroatoms. The monoisotopic (exact) mass is 574 g/mol. The minimum Gasteiger partial charge on any atom is -0.445 e. The summed E-state index contributed by atoms with van der Waals surface area (Å²) in [4.78, 5) is 31.4. The van der Waals surface area contributed by atoms with Gasteiger partial charge >= 0.3 is 6.09 Å². The van der Waals surface area contributed by atoms with Crippen LogP contribution in [0.2, 0.25) is 0 Å². The van der Waals surface area contributed by atoms with Crippen LogP contribution in [0.1, 0.15) is 60.0 Å². The Bertz CT molecular complexity index is 1510. The van der Waals surface area contributed by atoms with E-state index in [0.29, 0.717) is 25.0 Å². The standard InChI is InChI=1S/C38H42N2O3/c1-2-40(38(42)43-27-28-12-5-3-6-13-28)33-20-22-39(23-21-33)26-32-24-31(25-36(32)30-14-7-4-8-15-30)37(41)35-19-11-17-29-16-9-10-18-34(29)35/h3-19,31-33,36H,2,20-27H2,1H3/t31?,32?,36-/m1/s1. The lowest BCUT2D eigenvalue weighted by Crippen LogP contribution is -2.48. The summed E-state index contributed by atoms with van der Waals surface area (Å²) in [5, 5.41) is 2.18. The number of carbonyl (C=O) groups excluding carboxylic acids is 2. The zero-order valence-electron chi connectivity index (χ0n) is 25.1. The summed E-state index contributed by atoms with van der Waals surface area (Å²) in [6.45, 7) is 5.87. The van der Waals surface area contributed by atoms with E-state index in [1.807, 2.05) is 66.4 Å². The first-order valence-electron chi connectivity index (χ1n) is 15.9. The third-order valence-electron chi connectivity index (χ3n) is 9.62. The molecule has 6 rings (SSSR count). The lowest BCUT2D eigenvalue weighted by atomic mass is 9.88. The number of piperidine rings is 1. The second-order valence-electron chi connectivity index (χ2n) is 12.2. The zero-order chi connectivity index (χ0) is 29.6. The molecule has 0 N–H and O–H groups in total.